The third-order valence-corrected chi connectivity index (χ3v) is 3.11. The third-order valence-electron chi connectivity index (χ3n) is 2.11. The van der Waals surface area contributed by atoms with Gasteiger partial charge in [0.1, 0.15) is 5.75 Å². The number of thiophene rings is 1. The van der Waals surface area contributed by atoms with Crippen LogP contribution < -0.4 is 4.74 Å². The molecule has 2 nitrogen and oxygen atoms in total. The molecule has 15 heavy (non-hydrogen) atoms. The van der Waals surface area contributed by atoms with Crippen LogP contribution in [0, 0.1) is 0 Å². The minimum atomic E-state index is 0.720. The lowest BCUT2D eigenvalue weighted by molar-refractivity contribution is 0.112. The van der Waals surface area contributed by atoms with E-state index in [1.54, 1.807) is 18.4 Å². The van der Waals surface area contributed by atoms with E-state index >= 15 is 0 Å². The highest BCUT2D eigenvalue weighted by molar-refractivity contribution is 7.13. The Labute approximate surface area is 92.1 Å². The molecule has 0 bridgehead atoms. The molecular formula is C12H10O2S. The standard InChI is InChI=1S/C12H10O2S/c1-14-11-4-2-3-10(6-11)12-5-9(7-13)8-15-12/h2-8H,1H3. The van der Waals surface area contributed by atoms with E-state index in [1.165, 1.54) is 0 Å². The summed E-state index contributed by atoms with van der Waals surface area (Å²) < 4.78 is 5.14. The summed E-state index contributed by atoms with van der Waals surface area (Å²) in [4.78, 5) is 11.6. The van der Waals surface area contributed by atoms with Crippen LogP contribution in [-0.4, -0.2) is 13.4 Å². The first-order valence-corrected chi connectivity index (χ1v) is 5.39. The Bertz CT molecular complexity index is 474. The summed E-state index contributed by atoms with van der Waals surface area (Å²) in [7, 11) is 1.64. The molecule has 0 fully saturated rings. The minimum absolute atomic E-state index is 0.720. The van der Waals surface area contributed by atoms with Crippen LogP contribution in [0.5, 0.6) is 5.75 Å². The first-order valence-electron chi connectivity index (χ1n) is 4.51. The molecule has 76 valence electrons. The van der Waals surface area contributed by atoms with Crippen molar-refractivity contribution < 1.29 is 9.53 Å². The average molecular weight is 218 g/mol. The summed E-state index contributed by atoms with van der Waals surface area (Å²) >= 11 is 1.56. The van der Waals surface area contributed by atoms with Crippen LogP contribution in [-0.2, 0) is 0 Å². The Hall–Kier alpha value is -1.61. The number of hydrogen-bond donors (Lipinski definition) is 0. The zero-order valence-corrected chi connectivity index (χ0v) is 9.08. The lowest BCUT2D eigenvalue weighted by atomic mass is 10.1. The Morgan fingerprint density at radius 2 is 2.20 bits per heavy atom. The highest BCUT2D eigenvalue weighted by Crippen LogP contribution is 2.28. The van der Waals surface area contributed by atoms with E-state index in [0.717, 1.165) is 28.0 Å². The molecule has 0 unspecified atom stereocenters. The first kappa shape index (κ1) is 9.93. The van der Waals surface area contributed by atoms with Gasteiger partial charge in [-0.25, -0.2) is 0 Å². The topological polar surface area (TPSA) is 26.3 Å². The van der Waals surface area contributed by atoms with E-state index in [4.69, 9.17) is 4.74 Å². The maximum Gasteiger partial charge on any atom is 0.150 e. The maximum atomic E-state index is 10.6. The van der Waals surface area contributed by atoms with Gasteiger partial charge in [-0.15, -0.1) is 11.3 Å². The molecule has 3 heteroatoms. The van der Waals surface area contributed by atoms with Crippen molar-refractivity contribution in [1.29, 1.82) is 0 Å². The van der Waals surface area contributed by atoms with E-state index in [-0.39, 0.29) is 0 Å². The number of methoxy groups -OCH3 is 1. The van der Waals surface area contributed by atoms with Gasteiger partial charge in [0.05, 0.1) is 7.11 Å². The largest absolute Gasteiger partial charge is 0.497 e. The van der Waals surface area contributed by atoms with Crippen LogP contribution in [0.25, 0.3) is 10.4 Å². The SMILES string of the molecule is COc1cccc(-c2cc(C=O)cs2)c1. The Morgan fingerprint density at radius 3 is 2.87 bits per heavy atom. The molecule has 1 aromatic heterocycles. The number of rotatable bonds is 3. The van der Waals surface area contributed by atoms with Gasteiger partial charge in [-0.05, 0) is 23.8 Å². The van der Waals surface area contributed by atoms with E-state index in [2.05, 4.69) is 0 Å². The van der Waals surface area contributed by atoms with Crippen molar-refractivity contribution in [2.45, 2.75) is 0 Å². The fraction of sp³-hybridized carbons (Fsp3) is 0.0833. The highest BCUT2D eigenvalue weighted by atomic mass is 32.1. The molecule has 0 saturated carbocycles. The summed E-state index contributed by atoms with van der Waals surface area (Å²) in [5, 5.41) is 1.85. The number of aldehydes is 1. The molecule has 0 spiro atoms. The average Bonchev–Trinajstić information content (AvgIpc) is 2.78. The maximum absolute atomic E-state index is 10.6. The lowest BCUT2D eigenvalue weighted by Crippen LogP contribution is -1.82. The molecule has 0 N–H and O–H groups in total. The summed E-state index contributed by atoms with van der Waals surface area (Å²) in [5.74, 6) is 0.827. The Morgan fingerprint density at radius 1 is 1.33 bits per heavy atom. The van der Waals surface area contributed by atoms with Crippen LogP contribution in [0.2, 0.25) is 0 Å². The monoisotopic (exact) mass is 218 g/mol. The van der Waals surface area contributed by atoms with Gasteiger partial charge in [-0.1, -0.05) is 12.1 Å². The molecule has 0 aliphatic carbocycles. The molecule has 1 aromatic carbocycles. The van der Waals surface area contributed by atoms with Crippen molar-refractivity contribution in [3.63, 3.8) is 0 Å². The number of carbonyl (C=O) groups excluding carboxylic acids is 1. The fourth-order valence-electron chi connectivity index (χ4n) is 1.34. The van der Waals surface area contributed by atoms with Crippen LogP contribution in [0.1, 0.15) is 10.4 Å². The van der Waals surface area contributed by atoms with Crippen molar-refractivity contribution >= 4 is 17.6 Å². The summed E-state index contributed by atoms with van der Waals surface area (Å²) in [6, 6.07) is 9.68. The van der Waals surface area contributed by atoms with Crippen molar-refractivity contribution in [3.8, 4) is 16.2 Å². The third kappa shape index (κ3) is 2.07. The summed E-state index contributed by atoms with van der Waals surface area (Å²) in [5.41, 5.74) is 1.80. The van der Waals surface area contributed by atoms with Gasteiger partial charge in [0, 0.05) is 15.8 Å². The van der Waals surface area contributed by atoms with Crippen LogP contribution in [0.15, 0.2) is 35.7 Å². The summed E-state index contributed by atoms with van der Waals surface area (Å²) in [6.45, 7) is 0. The van der Waals surface area contributed by atoms with Crippen LogP contribution in [0.3, 0.4) is 0 Å². The second-order valence-electron chi connectivity index (χ2n) is 3.09. The van der Waals surface area contributed by atoms with E-state index < -0.39 is 0 Å². The predicted molar refractivity (Wildman–Crippen MR) is 61.7 cm³/mol. The van der Waals surface area contributed by atoms with Crippen molar-refractivity contribution in [2.24, 2.45) is 0 Å². The normalized spacial score (nSPS) is 9.93. The quantitative estimate of drug-likeness (QED) is 0.739. The van der Waals surface area contributed by atoms with Crippen molar-refractivity contribution in [2.75, 3.05) is 7.11 Å². The number of hydrogen-bond acceptors (Lipinski definition) is 3. The first-order chi connectivity index (χ1) is 7.33. The second kappa shape index (κ2) is 4.28. The fourth-order valence-corrected chi connectivity index (χ4v) is 2.19. The molecule has 0 amide bonds. The molecule has 0 radical (unpaired) electrons. The molecule has 0 aliphatic rings. The summed E-state index contributed by atoms with van der Waals surface area (Å²) in [6.07, 6.45) is 0.861. The zero-order chi connectivity index (χ0) is 10.7. The predicted octanol–water partition coefficient (Wildman–Crippen LogP) is 3.24. The van der Waals surface area contributed by atoms with E-state index in [1.807, 2.05) is 35.7 Å². The molecule has 1 heterocycles. The van der Waals surface area contributed by atoms with Gasteiger partial charge in [-0.3, -0.25) is 4.79 Å². The van der Waals surface area contributed by atoms with Crippen LogP contribution in [0.4, 0.5) is 0 Å². The molecule has 2 aromatic rings. The van der Waals surface area contributed by atoms with Gasteiger partial charge in [-0.2, -0.15) is 0 Å². The Kier molecular flexibility index (Phi) is 2.83. The van der Waals surface area contributed by atoms with Crippen LogP contribution >= 0.6 is 11.3 Å². The van der Waals surface area contributed by atoms with Gasteiger partial charge in [0.2, 0.25) is 0 Å². The van der Waals surface area contributed by atoms with E-state index in [0.29, 0.717) is 0 Å². The van der Waals surface area contributed by atoms with Gasteiger partial charge in [0.25, 0.3) is 0 Å². The van der Waals surface area contributed by atoms with Gasteiger partial charge < -0.3 is 4.74 Å². The molecule has 2 rings (SSSR count). The lowest BCUT2D eigenvalue weighted by Gasteiger charge is -2.01. The smallest absolute Gasteiger partial charge is 0.150 e. The second-order valence-corrected chi connectivity index (χ2v) is 4.01. The molecule has 0 aliphatic heterocycles. The van der Waals surface area contributed by atoms with Crippen molar-refractivity contribution in [1.82, 2.24) is 0 Å². The van der Waals surface area contributed by atoms with Crippen molar-refractivity contribution in [3.05, 3.63) is 41.3 Å². The number of benzene rings is 1. The highest BCUT2D eigenvalue weighted by Gasteiger charge is 2.02. The molecule has 0 atom stereocenters. The molecule has 0 saturated heterocycles. The number of carbonyl (C=O) groups is 1. The Balaban J connectivity index is 2.39. The number of ether oxygens (including phenoxy) is 1. The van der Waals surface area contributed by atoms with Gasteiger partial charge in [0.15, 0.2) is 6.29 Å². The molecular weight excluding hydrogens is 208 g/mol. The van der Waals surface area contributed by atoms with Gasteiger partial charge >= 0.3 is 0 Å². The van der Waals surface area contributed by atoms with E-state index in [9.17, 15) is 4.79 Å². The zero-order valence-electron chi connectivity index (χ0n) is 8.27. The minimum Gasteiger partial charge on any atom is -0.497 e.